The molecule has 0 saturated carbocycles. The fourth-order valence-electron chi connectivity index (χ4n) is 1.03. The number of rotatable bonds is 3. The molecule has 0 aliphatic carbocycles. The van der Waals surface area contributed by atoms with Gasteiger partial charge in [-0.1, -0.05) is 11.6 Å². The molecule has 0 spiro atoms. The number of nitrogens with zero attached hydrogens (tertiary/aromatic N) is 2. The molecular weight excluding hydrogens is 284 g/mol. The number of primary sulfonamides is 1. The molecule has 0 aliphatic rings. The molecular formula is C6H4ClF2N3O4S. The molecule has 0 radical (unpaired) electrons. The smallest absolute Gasteiger partial charge is 0.358 e. The van der Waals surface area contributed by atoms with E-state index in [0.717, 1.165) is 0 Å². The third-order valence-electron chi connectivity index (χ3n) is 1.62. The van der Waals surface area contributed by atoms with Crippen LogP contribution in [0.1, 0.15) is 12.1 Å². The maximum absolute atomic E-state index is 12.5. The molecule has 1 heterocycles. The van der Waals surface area contributed by atoms with Gasteiger partial charge in [0.2, 0.25) is 15.7 Å². The molecule has 0 fully saturated rings. The van der Waals surface area contributed by atoms with E-state index >= 15 is 0 Å². The van der Waals surface area contributed by atoms with Crippen molar-refractivity contribution < 1.29 is 22.1 Å². The number of alkyl halides is 2. The van der Waals surface area contributed by atoms with Gasteiger partial charge in [0.15, 0.2) is 4.90 Å². The Hall–Kier alpha value is -1.39. The quantitative estimate of drug-likeness (QED) is 0.663. The standard InChI is InChI=1S/C6H4ClF2N3O4S/c7-2-1-3(12(13)14)11-4(6(8)9)5(2)17(10,15)16/h1,6H,(H2,10,15,16). The Morgan fingerprint density at radius 3 is 2.41 bits per heavy atom. The fourth-order valence-corrected chi connectivity index (χ4v) is 2.30. The van der Waals surface area contributed by atoms with Crippen LogP contribution in [0, 0.1) is 10.1 Å². The Labute approximate surface area is 98.4 Å². The van der Waals surface area contributed by atoms with Gasteiger partial charge < -0.3 is 10.1 Å². The van der Waals surface area contributed by atoms with Crippen LogP contribution in [0.5, 0.6) is 0 Å². The van der Waals surface area contributed by atoms with Crippen LogP contribution in [0.2, 0.25) is 5.02 Å². The van der Waals surface area contributed by atoms with Crippen LogP contribution in [0.3, 0.4) is 0 Å². The number of hydrogen-bond donors (Lipinski definition) is 1. The van der Waals surface area contributed by atoms with Crippen LogP contribution >= 0.6 is 11.6 Å². The number of aromatic nitrogens is 1. The lowest BCUT2D eigenvalue weighted by Gasteiger charge is -2.04. The van der Waals surface area contributed by atoms with Crippen molar-refractivity contribution in [3.05, 3.63) is 26.9 Å². The monoisotopic (exact) mass is 287 g/mol. The molecule has 17 heavy (non-hydrogen) atoms. The second kappa shape index (κ2) is 4.47. The van der Waals surface area contributed by atoms with Crippen LogP contribution in [0.4, 0.5) is 14.6 Å². The van der Waals surface area contributed by atoms with E-state index in [1.165, 1.54) is 0 Å². The molecule has 11 heteroatoms. The lowest BCUT2D eigenvalue weighted by atomic mass is 10.3. The lowest BCUT2D eigenvalue weighted by molar-refractivity contribution is -0.389. The summed E-state index contributed by atoms with van der Waals surface area (Å²) in [5.41, 5.74) is -1.34. The van der Waals surface area contributed by atoms with Crippen molar-refractivity contribution >= 4 is 27.4 Å². The Morgan fingerprint density at radius 2 is 2.06 bits per heavy atom. The van der Waals surface area contributed by atoms with Gasteiger partial charge in [0.05, 0.1) is 11.1 Å². The molecule has 1 aromatic rings. The zero-order chi connectivity index (χ0) is 13.4. The lowest BCUT2D eigenvalue weighted by Crippen LogP contribution is -2.17. The topological polar surface area (TPSA) is 116 Å². The van der Waals surface area contributed by atoms with Crippen LogP contribution in [0.25, 0.3) is 0 Å². The summed E-state index contributed by atoms with van der Waals surface area (Å²) in [5.74, 6) is -0.988. The SMILES string of the molecule is NS(=O)(=O)c1c(Cl)cc([N+](=O)[O-])nc1C(F)F. The summed E-state index contributed by atoms with van der Waals surface area (Å²) in [7, 11) is -4.55. The first-order valence-corrected chi connectivity index (χ1v) is 5.72. The van der Waals surface area contributed by atoms with Crippen molar-refractivity contribution in [2.75, 3.05) is 0 Å². The zero-order valence-corrected chi connectivity index (χ0v) is 9.37. The van der Waals surface area contributed by atoms with Crippen LogP contribution in [-0.2, 0) is 10.0 Å². The Morgan fingerprint density at radius 1 is 1.53 bits per heavy atom. The van der Waals surface area contributed by atoms with Crippen LogP contribution in [0.15, 0.2) is 11.0 Å². The predicted molar refractivity (Wildman–Crippen MR) is 52.2 cm³/mol. The molecule has 1 aromatic heterocycles. The summed E-state index contributed by atoms with van der Waals surface area (Å²) < 4.78 is 47.1. The summed E-state index contributed by atoms with van der Waals surface area (Å²) in [6, 6.07) is 0.535. The summed E-state index contributed by atoms with van der Waals surface area (Å²) in [6.45, 7) is 0. The van der Waals surface area contributed by atoms with Crippen molar-refractivity contribution in [3.8, 4) is 0 Å². The summed E-state index contributed by atoms with van der Waals surface area (Å²) in [6.07, 6.45) is -3.36. The summed E-state index contributed by atoms with van der Waals surface area (Å²) in [4.78, 5) is 11.1. The highest BCUT2D eigenvalue weighted by atomic mass is 35.5. The minimum absolute atomic E-state index is 0.535. The summed E-state index contributed by atoms with van der Waals surface area (Å²) >= 11 is 5.37. The third-order valence-corrected chi connectivity index (χ3v) is 3.03. The largest absolute Gasteiger partial charge is 0.365 e. The van der Waals surface area contributed by atoms with E-state index in [1.807, 2.05) is 0 Å². The van der Waals surface area contributed by atoms with Gasteiger partial charge in [-0.3, -0.25) is 0 Å². The number of nitrogens with two attached hydrogens (primary N) is 1. The minimum atomic E-state index is -4.55. The van der Waals surface area contributed by atoms with Crippen molar-refractivity contribution in [2.24, 2.45) is 5.14 Å². The molecule has 94 valence electrons. The molecule has 0 atom stereocenters. The fraction of sp³-hybridized carbons (Fsp3) is 0.167. The molecule has 0 saturated heterocycles. The van der Waals surface area contributed by atoms with Gasteiger partial charge in [-0.15, -0.1) is 0 Å². The average molecular weight is 288 g/mol. The van der Waals surface area contributed by atoms with E-state index in [0.29, 0.717) is 6.07 Å². The van der Waals surface area contributed by atoms with Gasteiger partial charge in [-0.05, 0) is 9.91 Å². The Kier molecular flexibility index (Phi) is 3.59. The van der Waals surface area contributed by atoms with Gasteiger partial charge >= 0.3 is 12.2 Å². The van der Waals surface area contributed by atoms with Crippen molar-refractivity contribution in [1.82, 2.24) is 4.98 Å². The highest BCUT2D eigenvalue weighted by Gasteiger charge is 2.32. The summed E-state index contributed by atoms with van der Waals surface area (Å²) in [5, 5.41) is 14.2. The van der Waals surface area contributed by atoms with Crippen molar-refractivity contribution in [2.45, 2.75) is 11.3 Å². The number of nitro groups is 1. The first kappa shape index (κ1) is 13.7. The van der Waals surface area contributed by atoms with E-state index in [9.17, 15) is 27.3 Å². The molecule has 0 bridgehead atoms. The number of sulfonamides is 1. The number of halogens is 3. The second-order valence-electron chi connectivity index (χ2n) is 2.78. The molecule has 2 N–H and O–H groups in total. The normalized spacial score (nSPS) is 11.8. The van der Waals surface area contributed by atoms with Gasteiger partial charge in [0, 0.05) is 0 Å². The molecule has 0 aliphatic heterocycles. The second-order valence-corrected chi connectivity index (χ2v) is 4.68. The van der Waals surface area contributed by atoms with Crippen molar-refractivity contribution in [1.29, 1.82) is 0 Å². The van der Waals surface area contributed by atoms with Crippen LogP contribution < -0.4 is 5.14 Å². The number of pyridine rings is 1. The molecule has 0 unspecified atom stereocenters. The van der Waals surface area contributed by atoms with E-state index in [2.05, 4.69) is 10.1 Å². The number of hydrogen-bond acceptors (Lipinski definition) is 5. The van der Waals surface area contributed by atoms with E-state index in [-0.39, 0.29) is 0 Å². The van der Waals surface area contributed by atoms with Gasteiger partial charge in [0.1, 0.15) is 0 Å². The van der Waals surface area contributed by atoms with Gasteiger partial charge in [0.25, 0.3) is 0 Å². The zero-order valence-electron chi connectivity index (χ0n) is 7.80. The van der Waals surface area contributed by atoms with E-state index < -0.39 is 42.8 Å². The maximum Gasteiger partial charge on any atom is 0.365 e. The first-order valence-electron chi connectivity index (χ1n) is 3.80. The first-order chi connectivity index (χ1) is 7.64. The van der Waals surface area contributed by atoms with E-state index in [4.69, 9.17) is 11.6 Å². The highest BCUT2D eigenvalue weighted by molar-refractivity contribution is 7.89. The van der Waals surface area contributed by atoms with E-state index in [1.54, 1.807) is 0 Å². The van der Waals surface area contributed by atoms with Crippen molar-refractivity contribution in [3.63, 3.8) is 0 Å². The van der Waals surface area contributed by atoms with Gasteiger partial charge in [-0.2, -0.15) is 0 Å². The molecule has 0 amide bonds. The third kappa shape index (κ3) is 2.84. The molecule has 1 rings (SSSR count). The maximum atomic E-state index is 12.5. The minimum Gasteiger partial charge on any atom is -0.358 e. The highest BCUT2D eigenvalue weighted by Crippen LogP contribution is 2.32. The molecule has 0 aromatic carbocycles. The molecule has 7 nitrogen and oxygen atoms in total. The Bertz CT molecular complexity index is 577. The van der Waals surface area contributed by atoms with Crippen LogP contribution in [-0.4, -0.2) is 18.3 Å². The Balaban J connectivity index is 3.67. The van der Waals surface area contributed by atoms with Gasteiger partial charge in [-0.25, -0.2) is 22.3 Å². The average Bonchev–Trinajstić information content (AvgIpc) is 2.13. The predicted octanol–water partition coefficient (Wildman–Crippen LogP) is 1.23.